The van der Waals surface area contributed by atoms with Crippen LogP contribution in [0.1, 0.15) is 33.3 Å². The van der Waals surface area contributed by atoms with E-state index in [2.05, 4.69) is 10.3 Å². The van der Waals surface area contributed by atoms with Crippen molar-refractivity contribution in [1.82, 2.24) is 10.3 Å². The van der Waals surface area contributed by atoms with Crippen molar-refractivity contribution in [1.29, 1.82) is 0 Å². The Morgan fingerprint density at radius 2 is 1.93 bits per heavy atom. The fourth-order valence-corrected chi connectivity index (χ4v) is 2.85. The lowest BCUT2D eigenvalue weighted by Crippen LogP contribution is -2.28. The Morgan fingerprint density at radius 1 is 1.18 bits per heavy atom. The number of nitrogens with one attached hydrogen (secondary N) is 1. The summed E-state index contributed by atoms with van der Waals surface area (Å²) < 4.78 is 51.8. The van der Waals surface area contributed by atoms with Crippen LogP contribution in [0.25, 0.3) is 10.9 Å². The summed E-state index contributed by atoms with van der Waals surface area (Å²) in [5.74, 6) is -1.04. The number of nitrogens with zero attached hydrogens (tertiary/aromatic N) is 1. The van der Waals surface area contributed by atoms with Gasteiger partial charge in [0.15, 0.2) is 0 Å². The van der Waals surface area contributed by atoms with E-state index in [1.165, 1.54) is 36.4 Å². The van der Waals surface area contributed by atoms with Gasteiger partial charge in [-0.15, -0.1) is 0 Å². The predicted octanol–water partition coefficient (Wildman–Crippen LogP) is 4.16. The Hall–Kier alpha value is -3.00. The Balaban J connectivity index is 1.78. The zero-order chi connectivity index (χ0) is 20.5. The van der Waals surface area contributed by atoms with Crippen molar-refractivity contribution in [2.24, 2.45) is 0 Å². The van der Waals surface area contributed by atoms with Crippen LogP contribution in [0.3, 0.4) is 0 Å². The van der Waals surface area contributed by atoms with Crippen molar-refractivity contribution in [3.8, 4) is 0 Å². The summed E-state index contributed by atoms with van der Waals surface area (Å²) in [6, 6.07) is 9.63. The summed E-state index contributed by atoms with van der Waals surface area (Å²) >= 11 is 0. The number of carbonyl (C=O) groups is 1. The maximum atomic E-state index is 13.4. The van der Waals surface area contributed by atoms with Gasteiger partial charge in [0, 0.05) is 23.7 Å². The number of benzene rings is 2. The minimum Gasteiger partial charge on any atom is -0.387 e. The highest BCUT2D eigenvalue weighted by Crippen LogP contribution is 2.30. The van der Waals surface area contributed by atoms with Crippen LogP contribution < -0.4 is 5.32 Å². The van der Waals surface area contributed by atoms with Crippen molar-refractivity contribution in [3.05, 3.63) is 76.7 Å². The summed E-state index contributed by atoms with van der Waals surface area (Å²) in [5.41, 5.74) is 0.199. The van der Waals surface area contributed by atoms with Gasteiger partial charge in [0.05, 0.1) is 22.7 Å². The van der Waals surface area contributed by atoms with Crippen molar-refractivity contribution < 1.29 is 27.5 Å². The Labute approximate surface area is 157 Å². The van der Waals surface area contributed by atoms with Gasteiger partial charge >= 0.3 is 6.18 Å². The number of hydrogen-bond acceptors (Lipinski definition) is 3. The predicted molar refractivity (Wildman–Crippen MR) is 95.2 cm³/mol. The lowest BCUT2D eigenvalue weighted by atomic mass is 10.0. The standard InChI is InChI=1S/C20H16F4N2O2/c1-11-7-16(15-6-5-14(21)9-17(15)26-11)19(28)25-10-18(27)12-3-2-4-13(8-12)20(22,23)24/h2-9,18,27H,10H2,1H3,(H,25,28)/t18-/m1/s1. The molecule has 0 aliphatic rings. The number of aliphatic hydroxyl groups excluding tert-OH is 1. The quantitative estimate of drug-likeness (QED) is 0.656. The van der Waals surface area contributed by atoms with Gasteiger partial charge in [-0.2, -0.15) is 13.2 Å². The van der Waals surface area contributed by atoms with Gasteiger partial charge in [-0.05, 0) is 42.8 Å². The molecule has 0 aliphatic heterocycles. The summed E-state index contributed by atoms with van der Waals surface area (Å²) in [5, 5.41) is 13.1. The lowest BCUT2D eigenvalue weighted by molar-refractivity contribution is -0.137. The second-order valence-electron chi connectivity index (χ2n) is 6.32. The Morgan fingerprint density at radius 3 is 2.64 bits per heavy atom. The van der Waals surface area contributed by atoms with E-state index in [0.29, 0.717) is 16.6 Å². The molecule has 0 spiro atoms. The number of aliphatic hydroxyl groups is 1. The van der Waals surface area contributed by atoms with Crippen molar-refractivity contribution >= 4 is 16.8 Å². The fraction of sp³-hybridized carbons (Fsp3) is 0.200. The van der Waals surface area contributed by atoms with Crippen LogP contribution in [0.2, 0.25) is 0 Å². The maximum Gasteiger partial charge on any atom is 0.416 e. The Kier molecular flexibility index (Phi) is 5.33. The number of fused-ring (bicyclic) bond motifs is 1. The molecule has 0 bridgehead atoms. The molecule has 2 aromatic carbocycles. The van der Waals surface area contributed by atoms with E-state index in [9.17, 15) is 27.5 Å². The highest BCUT2D eigenvalue weighted by Gasteiger charge is 2.30. The van der Waals surface area contributed by atoms with E-state index < -0.39 is 29.6 Å². The van der Waals surface area contributed by atoms with Crippen molar-refractivity contribution in [2.75, 3.05) is 6.54 Å². The average molecular weight is 392 g/mol. The van der Waals surface area contributed by atoms with Crippen LogP contribution >= 0.6 is 0 Å². The molecule has 0 aliphatic carbocycles. The van der Waals surface area contributed by atoms with Gasteiger partial charge in [0.2, 0.25) is 0 Å². The topological polar surface area (TPSA) is 62.2 Å². The molecule has 3 rings (SSSR count). The first-order valence-corrected chi connectivity index (χ1v) is 8.35. The van der Waals surface area contributed by atoms with E-state index in [1.807, 2.05) is 0 Å². The van der Waals surface area contributed by atoms with Gasteiger partial charge < -0.3 is 10.4 Å². The van der Waals surface area contributed by atoms with E-state index in [0.717, 1.165) is 12.1 Å². The molecule has 8 heteroatoms. The molecule has 146 valence electrons. The molecule has 1 atom stereocenters. The molecule has 4 nitrogen and oxygen atoms in total. The normalized spacial score (nSPS) is 12.8. The number of hydrogen-bond donors (Lipinski definition) is 2. The third-order valence-electron chi connectivity index (χ3n) is 4.20. The zero-order valence-electron chi connectivity index (χ0n) is 14.7. The molecule has 0 saturated carbocycles. The Bertz CT molecular complexity index is 1030. The molecule has 1 aromatic heterocycles. The molecule has 0 saturated heterocycles. The molecule has 2 N–H and O–H groups in total. The highest BCUT2D eigenvalue weighted by molar-refractivity contribution is 6.06. The number of aryl methyl sites for hydroxylation is 1. The van der Waals surface area contributed by atoms with E-state index in [4.69, 9.17) is 0 Å². The molecule has 0 fully saturated rings. The molecule has 28 heavy (non-hydrogen) atoms. The molecular weight excluding hydrogens is 376 g/mol. The molecule has 0 radical (unpaired) electrons. The summed E-state index contributed by atoms with van der Waals surface area (Å²) in [6.07, 6.45) is -5.85. The van der Waals surface area contributed by atoms with E-state index >= 15 is 0 Å². The molecule has 3 aromatic rings. The SMILES string of the molecule is Cc1cc(C(=O)NC[C@@H](O)c2cccc(C(F)(F)F)c2)c2ccc(F)cc2n1. The van der Waals surface area contributed by atoms with Crippen LogP contribution in [0.4, 0.5) is 17.6 Å². The first-order valence-electron chi connectivity index (χ1n) is 8.35. The third kappa shape index (κ3) is 4.28. The van der Waals surface area contributed by atoms with Crippen LogP contribution in [0.5, 0.6) is 0 Å². The summed E-state index contributed by atoms with van der Waals surface area (Å²) in [4.78, 5) is 16.7. The fourth-order valence-electron chi connectivity index (χ4n) is 2.85. The van der Waals surface area contributed by atoms with Crippen LogP contribution in [-0.2, 0) is 6.18 Å². The monoisotopic (exact) mass is 392 g/mol. The average Bonchev–Trinajstić information content (AvgIpc) is 2.64. The molecule has 0 unspecified atom stereocenters. The minimum absolute atomic E-state index is 0.0352. The summed E-state index contributed by atoms with van der Waals surface area (Å²) in [6.45, 7) is 1.36. The third-order valence-corrected chi connectivity index (χ3v) is 4.20. The van der Waals surface area contributed by atoms with Gasteiger partial charge in [-0.25, -0.2) is 4.39 Å². The minimum atomic E-state index is -4.53. The number of amides is 1. The first-order chi connectivity index (χ1) is 13.1. The van der Waals surface area contributed by atoms with Gasteiger partial charge in [0.25, 0.3) is 5.91 Å². The van der Waals surface area contributed by atoms with Gasteiger partial charge in [-0.1, -0.05) is 12.1 Å². The number of halogens is 4. The molecular formula is C20H16F4N2O2. The number of carbonyl (C=O) groups excluding carboxylic acids is 1. The number of rotatable bonds is 4. The number of pyridine rings is 1. The van der Waals surface area contributed by atoms with E-state index in [1.54, 1.807) is 6.92 Å². The zero-order valence-corrected chi connectivity index (χ0v) is 14.7. The largest absolute Gasteiger partial charge is 0.416 e. The first kappa shape index (κ1) is 19.8. The maximum absolute atomic E-state index is 13.4. The van der Waals surface area contributed by atoms with E-state index in [-0.39, 0.29) is 17.7 Å². The van der Waals surface area contributed by atoms with Crippen molar-refractivity contribution in [2.45, 2.75) is 19.2 Å². The second kappa shape index (κ2) is 7.55. The highest BCUT2D eigenvalue weighted by atomic mass is 19.4. The van der Waals surface area contributed by atoms with Crippen molar-refractivity contribution in [3.63, 3.8) is 0 Å². The summed E-state index contributed by atoms with van der Waals surface area (Å²) in [7, 11) is 0. The van der Waals surface area contributed by atoms with Gasteiger partial charge in [-0.3, -0.25) is 9.78 Å². The van der Waals surface area contributed by atoms with Crippen LogP contribution in [-0.4, -0.2) is 22.5 Å². The number of aromatic nitrogens is 1. The number of alkyl halides is 3. The molecule has 1 amide bonds. The van der Waals surface area contributed by atoms with Crippen LogP contribution in [0, 0.1) is 12.7 Å². The van der Waals surface area contributed by atoms with Crippen LogP contribution in [0.15, 0.2) is 48.5 Å². The smallest absolute Gasteiger partial charge is 0.387 e. The molecule has 1 heterocycles. The lowest BCUT2D eigenvalue weighted by Gasteiger charge is -2.15. The van der Waals surface area contributed by atoms with Gasteiger partial charge in [0.1, 0.15) is 5.82 Å². The second-order valence-corrected chi connectivity index (χ2v) is 6.32.